The van der Waals surface area contributed by atoms with Crippen LogP contribution in [0.3, 0.4) is 0 Å². The Morgan fingerprint density at radius 2 is 2.28 bits per heavy atom. The highest BCUT2D eigenvalue weighted by molar-refractivity contribution is 5.45. The number of nitrogen functional groups attached to an aromatic ring is 1. The number of rotatable bonds is 3. The van der Waals surface area contributed by atoms with E-state index in [0.29, 0.717) is 18.2 Å². The van der Waals surface area contributed by atoms with Gasteiger partial charge in [-0.2, -0.15) is 0 Å². The summed E-state index contributed by atoms with van der Waals surface area (Å²) in [5.74, 6) is 0. The molecule has 2 unspecified atom stereocenters. The number of aromatic nitrogens is 1. The van der Waals surface area contributed by atoms with Crippen molar-refractivity contribution in [2.75, 3.05) is 39.5 Å². The Kier molecular flexibility index (Phi) is 4.16. The van der Waals surface area contributed by atoms with Crippen molar-refractivity contribution in [3.05, 3.63) is 24.0 Å². The van der Waals surface area contributed by atoms with Crippen molar-refractivity contribution in [1.29, 1.82) is 0 Å². The van der Waals surface area contributed by atoms with Gasteiger partial charge in [0.05, 0.1) is 6.10 Å². The van der Waals surface area contributed by atoms with Gasteiger partial charge in [-0.1, -0.05) is 0 Å². The summed E-state index contributed by atoms with van der Waals surface area (Å²) in [6, 6.07) is 2.09. The fraction of sp³-hybridized carbons (Fsp3) is 0.615. The van der Waals surface area contributed by atoms with Crippen molar-refractivity contribution in [2.45, 2.75) is 18.6 Å². The van der Waals surface area contributed by atoms with Crippen LogP contribution in [0.2, 0.25) is 0 Å². The molecule has 0 aliphatic carbocycles. The quantitative estimate of drug-likeness (QED) is 0.809. The summed E-state index contributed by atoms with van der Waals surface area (Å²) in [6.07, 6.45) is 3.45. The van der Waals surface area contributed by atoms with Gasteiger partial charge in [0.25, 0.3) is 0 Å². The number of nitrogens with two attached hydrogens (primary N) is 1. The Hall–Kier alpha value is -1.17. The summed E-state index contributed by atoms with van der Waals surface area (Å²) in [5, 5.41) is 10.3. The third-order valence-corrected chi connectivity index (χ3v) is 3.72. The van der Waals surface area contributed by atoms with Crippen molar-refractivity contribution in [3.8, 4) is 0 Å². The highest BCUT2D eigenvalue weighted by Crippen LogP contribution is 2.25. The lowest BCUT2D eigenvalue weighted by molar-refractivity contribution is 0.0636. The average molecular weight is 250 g/mol. The van der Waals surface area contributed by atoms with Crippen molar-refractivity contribution >= 4 is 5.69 Å². The van der Waals surface area contributed by atoms with Gasteiger partial charge in [-0.25, -0.2) is 0 Å². The fourth-order valence-corrected chi connectivity index (χ4v) is 2.44. The Morgan fingerprint density at radius 3 is 3.00 bits per heavy atom. The van der Waals surface area contributed by atoms with E-state index in [4.69, 9.17) is 5.73 Å². The summed E-state index contributed by atoms with van der Waals surface area (Å²) in [6.45, 7) is 3.10. The Morgan fingerprint density at radius 1 is 1.50 bits per heavy atom. The minimum atomic E-state index is -0.544. The molecule has 1 aromatic heterocycles. The van der Waals surface area contributed by atoms with Crippen molar-refractivity contribution in [1.82, 2.24) is 14.8 Å². The van der Waals surface area contributed by atoms with Gasteiger partial charge in [0.1, 0.15) is 0 Å². The lowest BCUT2D eigenvalue weighted by Crippen LogP contribution is -2.50. The van der Waals surface area contributed by atoms with E-state index in [9.17, 15) is 5.11 Å². The average Bonchev–Trinajstić information content (AvgIpc) is 2.34. The lowest BCUT2D eigenvalue weighted by Gasteiger charge is -2.38. The van der Waals surface area contributed by atoms with Gasteiger partial charge < -0.3 is 20.6 Å². The zero-order valence-corrected chi connectivity index (χ0v) is 11.1. The number of hydrogen-bond donors (Lipinski definition) is 2. The van der Waals surface area contributed by atoms with Crippen LogP contribution in [0, 0.1) is 0 Å². The summed E-state index contributed by atoms with van der Waals surface area (Å²) in [7, 11) is 4.22. The van der Waals surface area contributed by atoms with E-state index in [1.165, 1.54) is 0 Å². The lowest BCUT2D eigenvalue weighted by atomic mass is 10.00. The SMILES string of the molecule is CN1CCN(C)C(CC(O)c2cnccc2N)C1. The number of pyridine rings is 1. The molecule has 3 N–H and O–H groups in total. The van der Waals surface area contributed by atoms with E-state index in [1.54, 1.807) is 18.5 Å². The predicted molar refractivity (Wildman–Crippen MR) is 72.1 cm³/mol. The molecular weight excluding hydrogens is 228 g/mol. The molecule has 5 heteroatoms. The molecule has 1 fully saturated rings. The second-order valence-corrected chi connectivity index (χ2v) is 5.15. The first-order chi connectivity index (χ1) is 8.58. The molecule has 5 nitrogen and oxygen atoms in total. The molecule has 0 aromatic carbocycles. The van der Waals surface area contributed by atoms with Crippen LogP contribution in [0.5, 0.6) is 0 Å². The smallest absolute Gasteiger partial charge is 0.0840 e. The van der Waals surface area contributed by atoms with E-state index in [-0.39, 0.29) is 0 Å². The fourth-order valence-electron chi connectivity index (χ4n) is 2.44. The number of nitrogens with zero attached hydrogens (tertiary/aromatic N) is 3. The van der Waals surface area contributed by atoms with Gasteiger partial charge in [-0.3, -0.25) is 4.98 Å². The van der Waals surface area contributed by atoms with Crippen molar-refractivity contribution < 1.29 is 5.11 Å². The van der Waals surface area contributed by atoms with E-state index < -0.39 is 6.10 Å². The number of aliphatic hydroxyl groups excluding tert-OH is 1. The van der Waals surface area contributed by atoms with Gasteiger partial charge in [0, 0.05) is 49.3 Å². The number of aliphatic hydroxyl groups is 1. The second kappa shape index (κ2) is 5.65. The van der Waals surface area contributed by atoms with Crippen LogP contribution in [-0.2, 0) is 0 Å². The predicted octanol–water partition coefficient (Wildman–Crippen LogP) is 0.333. The van der Waals surface area contributed by atoms with Gasteiger partial charge in [-0.15, -0.1) is 0 Å². The first kappa shape index (κ1) is 13.3. The Labute approximate surface area is 108 Å². The summed E-state index contributed by atoms with van der Waals surface area (Å²) >= 11 is 0. The summed E-state index contributed by atoms with van der Waals surface area (Å²) < 4.78 is 0. The second-order valence-electron chi connectivity index (χ2n) is 5.15. The molecule has 0 radical (unpaired) electrons. The molecular formula is C13H22N4O. The number of likely N-dealkylation sites (N-methyl/N-ethyl adjacent to an activating group) is 2. The van der Waals surface area contributed by atoms with Crippen LogP contribution < -0.4 is 5.73 Å². The van der Waals surface area contributed by atoms with E-state index in [2.05, 4.69) is 28.9 Å². The highest BCUT2D eigenvalue weighted by Gasteiger charge is 2.25. The number of piperazine rings is 1. The van der Waals surface area contributed by atoms with Crippen LogP contribution in [-0.4, -0.2) is 59.7 Å². The van der Waals surface area contributed by atoms with Crippen LogP contribution in [0.4, 0.5) is 5.69 Å². The molecule has 2 rings (SSSR count). The van der Waals surface area contributed by atoms with Gasteiger partial charge in [0.15, 0.2) is 0 Å². The molecule has 1 saturated heterocycles. The Bertz CT molecular complexity index is 398. The Balaban J connectivity index is 2.02. The molecule has 18 heavy (non-hydrogen) atoms. The minimum absolute atomic E-state index is 0.360. The zero-order valence-electron chi connectivity index (χ0n) is 11.1. The van der Waals surface area contributed by atoms with Crippen LogP contribution in [0.25, 0.3) is 0 Å². The van der Waals surface area contributed by atoms with E-state index >= 15 is 0 Å². The third-order valence-electron chi connectivity index (χ3n) is 3.72. The molecule has 0 spiro atoms. The van der Waals surface area contributed by atoms with Gasteiger partial charge in [-0.05, 0) is 26.6 Å². The van der Waals surface area contributed by atoms with Crippen molar-refractivity contribution in [3.63, 3.8) is 0 Å². The first-order valence-electron chi connectivity index (χ1n) is 6.34. The van der Waals surface area contributed by atoms with Gasteiger partial charge in [0.2, 0.25) is 0 Å². The summed E-state index contributed by atoms with van der Waals surface area (Å²) in [4.78, 5) is 8.63. The molecule has 1 aromatic rings. The molecule has 0 amide bonds. The molecule has 2 atom stereocenters. The van der Waals surface area contributed by atoms with Crippen LogP contribution >= 0.6 is 0 Å². The molecule has 0 bridgehead atoms. The molecule has 100 valence electrons. The van der Waals surface area contributed by atoms with E-state index in [0.717, 1.165) is 25.2 Å². The third kappa shape index (κ3) is 2.98. The molecule has 0 saturated carbocycles. The largest absolute Gasteiger partial charge is 0.398 e. The van der Waals surface area contributed by atoms with Crippen LogP contribution in [0.1, 0.15) is 18.1 Å². The maximum Gasteiger partial charge on any atom is 0.0840 e. The maximum atomic E-state index is 10.3. The van der Waals surface area contributed by atoms with Gasteiger partial charge >= 0.3 is 0 Å². The maximum absolute atomic E-state index is 10.3. The first-order valence-corrected chi connectivity index (χ1v) is 6.34. The number of anilines is 1. The molecule has 1 aliphatic heterocycles. The zero-order chi connectivity index (χ0) is 13.1. The van der Waals surface area contributed by atoms with Crippen LogP contribution in [0.15, 0.2) is 18.5 Å². The molecule has 1 aliphatic rings. The van der Waals surface area contributed by atoms with Crippen molar-refractivity contribution in [2.24, 2.45) is 0 Å². The topological polar surface area (TPSA) is 65.6 Å². The molecule has 2 heterocycles. The minimum Gasteiger partial charge on any atom is -0.398 e. The standard InChI is InChI=1S/C13H22N4O/c1-16-5-6-17(2)10(9-16)7-13(18)11-8-15-4-3-12(11)14/h3-4,8,10,13,18H,5-7,9H2,1-2H3,(H2,14,15). The summed E-state index contributed by atoms with van der Waals surface area (Å²) in [5.41, 5.74) is 7.21. The number of hydrogen-bond acceptors (Lipinski definition) is 5. The monoisotopic (exact) mass is 250 g/mol. The highest BCUT2D eigenvalue weighted by atomic mass is 16.3. The van der Waals surface area contributed by atoms with E-state index in [1.807, 2.05) is 0 Å². The normalized spacial score (nSPS) is 24.1.